The van der Waals surface area contributed by atoms with Crippen molar-refractivity contribution in [1.82, 2.24) is 0 Å². The molecule has 1 aliphatic rings. The summed E-state index contributed by atoms with van der Waals surface area (Å²) in [6, 6.07) is 5.14. The van der Waals surface area contributed by atoms with Gasteiger partial charge in [-0.05, 0) is 42.5 Å². The zero-order valence-electron chi connectivity index (χ0n) is 10.5. The highest BCUT2D eigenvalue weighted by Crippen LogP contribution is 2.26. The van der Waals surface area contributed by atoms with Crippen LogP contribution >= 0.6 is 0 Å². The molecule has 2 nitrogen and oxygen atoms in total. The van der Waals surface area contributed by atoms with Crippen molar-refractivity contribution in [2.24, 2.45) is 11.7 Å². The first-order valence-electron chi connectivity index (χ1n) is 6.47. The molecule has 1 aromatic rings. The van der Waals surface area contributed by atoms with Gasteiger partial charge in [0.2, 0.25) is 0 Å². The third kappa shape index (κ3) is 2.97. The summed E-state index contributed by atoms with van der Waals surface area (Å²) >= 11 is 0. The number of anilines is 1. The Kier molecular flexibility index (Phi) is 4.00. The maximum Gasteiger partial charge on any atom is 0.125 e. The van der Waals surface area contributed by atoms with Crippen molar-refractivity contribution in [3.8, 4) is 0 Å². The van der Waals surface area contributed by atoms with E-state index in [9.17, 15) is 4.39 Å². The molecule has 0 amide bonds. The quantitative estimate of drug-likeness (QED) is 0.874. The molecular weight excluding hydrogens is 215 g/mol. The van der Waals surface area contributed by atoms with E-state index in [4.69, 9.17) is 5.73 Å². The molecule has 1 aliphatic heterocycles. The lowest BCUT2D eigenvalue weighted by atomic mass is 9.94. The van der Waals surface area contributed by atoms with Crippen LogP contribution in [0.15, 0.2) is 18.2 Å². The maximum absolute atomic E-state index is 13.4. The Balaban J connectivity index is 2.10. The van der Waals surface area contributed by atoms with E-state index in [2.05, 4.69) is 11.8 Å². The minimum absolute atomic E-state index is 0.180. The van der Waals surface area contributed by atoms with Crippen LogP contribution in [0.4, 0.5) is 10.1 Å². The van der Waals surface area contributed by atoms with Gasteiger partial charge in [-0.15, -0.1) is 0 Å². The second-order valence-corrected chi connectivity index (χ2v) is 4.86. The van der Waals surface area contributed by atoms with Crippen LogP contribution in [-0.4, -0.2) is 13.1 Å². The van der Waals surface area contributed by atoms with Crippen molar-refractivity contribution < 1.29 is 4.39 Å². The average Bonchev–Trinajstić information content (AvgIpc) is 2.38. The molecule has 0 atom stereocenters. The standard InChI is InChI=1S/C14H21FN2/c1-2-11-3-5-17(6-4-11)14-8-12(10-16)7-13(15)9-14/h7-9,11H,2-6,10,16H2,1H3. The predicted octanol–water partition coefficient (Wildman–Crippen LogP) is 2.91. The van der Waals surface area contributed by atoms with Crippen LogP contribution in [0.3, 0.4) is 0 Å². The average molecular weight is 236 g/mol. The molecule has 0 saturated carbocycles. The second kappa shape index (κ2) is 5.50. The summed E-state index contributed by atoms with van der Waals surface area (Å²) in [4.78, 5) is 2.27. The SMILES string of the molecule is CCC1CCN(c2cc(F)cc(CN)c2)CC1. The molecule has 0 aliphatic carbocycles. The maximum atomic E-state index is 13.4. The van der Waals surface area contributed by atoms with E-state index in [-0.39, 0.29) is 5.82 Å². The number of halogens is 1. The summed E-state index contributed by atoms with van der Waals surface area (Å²) < 4.78 is 13.4. The fraction of sp³-hybridized carbons (Fsp3) is 0.571. The monoisotopic (exact) mass is 236 g/mol. The van der Waals surface area contributed by atoms with Gasteiger partial charge >= 0.3 is 0 Å². The van der Waals surface area contributed by atoms with Crippen LogP contribution in [0.25, 0.3) is 0 Å². The lowest BCUT2D eigenvalue weighted by Gasteiger charge is -2.33. The first-order valence-corrected chi connectivity index (χ1v) is 6.47. The van der Waals surface area contributed by atoms with Crippen LogP contribution in [0.2, 0.25) is 0 Å². The molecule has 1 aromatic carbocycles. The van der Waals surface area contributed by atoms with E-state index in [1.165, 1.54) is 25.3 Å². The topological polar surface area (TPSA) is 29.3 Å². The summed E-state index contributed by atoms with van der Waals surface area (Å²) in [5.41, 5.74) is 7.43. The number of rotatable bonds is 3. The predicted molar refractivity (Wildman–Crippen MR) is 69.5 cm³/mol. The lowest BCUT2D eigenvalue weighted by Crippen LogP contribution is -2.33. The molecule has 2 N–H and O–H groups in total. The molecule has 2 rings (SSSR count). The van der Waals surface area contributed by atoms with Crippen molar-refractivity contribution >= 4 is 5.69 Å². The van der Waals surface area contributed by atoms with Gasteiger partial charge in [-0.1, -0.05) is 13.3 Å². The Morgan fingerprint density at radius 2 is 2.00 bits per heavy atom. The zero-order chi connectivity index (χ0) is 12.3. The smallest absolute Gasteiger partial charge is 0.125 e. The highest BCUT2D eigenvalue weighted by Gasteiger charge is 2.18. The molecule has 3 heteroatoms. The van der Waals surface area contributed by atoms with Gasteiger partial charge in [-0.2, -0.15) is 0 Å². The van der Waals surface area contributed by atoms with Crippen molar-refractivity contribution in [2.45, 2.75) is 32.7 Å². The molecule has 0 bridgehead atoms. The van der Waals surface area contributed by atoms with Gasteiger partial charge in [-0.3, -0.25) is 0 Å². The molecule has 0 unspecified atom stereocenters. The Hall–Kier alpha value is -1.09. The third-order valence-electron chi connectivity index (χ3n) is 3.74. The summed E-state index contributed by atoms with van der Waals surface area (Å²) in [6.45, 7) is 4.71. The van der Waals surface area contributed by atoms with Crippen LogP contribution in [-0.2, 0) is 6.54 Å². The first-order chi connectivity index (χ1) is 8.22. The molecule has 1 saturated heterocycles. The molecule has 0 spiro atoms. The van der Waals surface area contributed by atoms with Gasteiger partial charge in [0.15, 0.2) is 0 Å². The number of benzene rings is 1. The van der Waals surface area contributed by atoms with Crippen LogP contribution < -0.4 is 10.6 Å². The Morgan fingerprint density at radius 3 is 2.59 bits per heavy atom. The molecule has 94 valence electrons. The fourth-order valence-corrected chi connectivity index (χ4v) is 2.53. The van der Waals surface area contributed by atoms with Crippen molar-refractivity contribution in [3.63, 3.8) is 0 Å². The Morgan fingerprint density at radius 1 is 1.29 bits per heavy atom. The number of nitrogens with two attached hydrogens (primary N) is 1. The Bertz CT molecular complexity index is 370. The first kappa shape index (κ1) is 12.4. The van der Waals surface area contributed by atoms with E-state index in [0.717, 1.165) is 30.3 Å². The fourth-order valence-electron chi connectivity index (χ4n) is 2.53. The molecule has 17 heavy (non-hydrogen) atoms. The molecule has 1 fully saturated rings. The van der Waals surface area contributed by atoms with Crippen LogP contribution in [0, 0.1) is 11.7 Å². The van der Waals surface area contributed by atoms with Crippen LogP contribution in [0.1, 0.15) is 31.7 Å². The van der Waals surface area contributed by atoms with Gasteiger partial charge < -0.3 is 10.6 Å². The van der Waals surface area contributed by atoms with Gasteiger partial charge in [0, 0.05) is 25.3 Å². The van der Waals surface area contributed by atoms with E-state index < -0.39 is 0 Å². The molecule has 0 aromatic heterocycles. The minimum atomic E-state index is -0.180. The second-order valence-electron chi connectivity index (χ2n) is 4.86. The molecule has 0 radical (unpaired) electrons. The third-order valence-corrected chi connectivity index (χ3v) is 3.74. The number of piperidine rings is 1. The van der Waals surface area contributed by atoms with Gasteiger partial charge in [0.25, 0.3) is 0 Å². The van der Waals surface area contributed by atoms with Crippen molar-refractivity contribution in [1.29, 1.82) is 0 Å². The van der Waals surface area contributed by atoms with E-state index >= 15 is 0 Å². The molecule has 1 heterocycles. The van der Waals surface area contributed by atoms with E-state index in [1.807, 2.05) is 6.07 Å². The Labute approximate surface area is 103 Å². The summed E-state index contributed by atoms with van der Waals surface area (Å²) in [7, 11) is 0. The molecular formula is C14H21FN2. The van der Waals surface area contributed by atoms with Gasteiger partial charge in [0.1, 0.15) is 5.82 Å². The largest absolute Gasteiger partial charge is 0.371 e. The summed E-state index contributed by atoms with van der Waals surface area (Å²) in [5.74, 6) is 0.661. The number of hydrogen-bond acceptors (Lipinski definition) is 2. The summed E-state index contributed by atoms with van der Waals surface area (Å²) in [5, 5.41) is 0. The van der Waals surface area contributed by atoms with Gasteiger partial charge in [-0.25, -0.2) is 4.39 Å². The number of nitrogens with zero attached hydrogens (tertiary/aromatic N) is 1. The van der Waals surface area contributed by atoms with E-state index in [0.29, 0.717) is 6.54 Å². The van der Waals surface area contributed by atoms with Crippen molar-refractivity contribution in [2.75, 3.05) is 18.0 Å². The number of hydrogen-bond donors (Lipinski definition) is 1. The lowest BCUT2D eigenvalue weighted by molar-refractivity contribution is 0.395. The summed E-state index contributed by atoms with van der Waals surface area (Å²) in [6.07, 6.45) is 3.68. The zero-order valence-corrected chi connectivity index (χ0v) is 10.5. The normalized spacial score (nSPS) is 17.5. The van der Waals surface area contributed by atoms with Gasteiger partial charge in [0.05, 0.1) is 0 Å². The van der Waals surface area contributed by atoms with E-state index in [1.54, 1.807) is 6.07 Å². The van der Waals surface area contributed by atoms with Crippen LogP contribution in [0.5, 0.6) is 0 Å². The minimum Gasteiger partial charge on any atom is -0.371 e. The van der Waals surface area contributed by atoms with Crippen molar-refractivity contribution in [3.05, 3.63) is 29.6 Å². The highest BCUT2D eigenvalue weighted by atomic mass is 19.1. The highest BCUT2D eigenvalue weighted by molar-refractivity contribution is 5.49.